The van der Waals surface area contributed by atoms with Crippen LogP contribution in [0.3, 0.4) is 0 Å². The van der Waals surface area contributed by atoms with Gasteiger partial charge in [0, 0.05) is 0 Å². The molecule has 0 spiro atoms. The largest absolute Gasteiger partial charge is 0.0617 e. The highest BCUT2D eigenvalue weighted by atomic mass is 14.3. The minimum absolute atomic E-state index is 0.147. The van der Waals surface area contributed by atoms with E-state index < -0.39 is 0 Å². The molecule has 0 atom stereocenters. The molecule has 2 aromatic rings. The van der Waals surface area contributed by atoms with E-state index in [0.29, 0.717) is 0 Å². The third-order valence-corrected chi connectivity index (χ3v) is 6.37. The average Bonchev–Trinajstić information content (AvgIpc) is 2.58. The molecule has 0 aliphatic rings. The summed E-state index contributed by atoms with van der Waals surface area (Å²) < 4.78 is 0. The van der Waals surface area contributed by atoms with E-state index in [2.05, 4.69) is 119 Å². The molecule has 31 heavy (non-hydrogen) atoms. The summed E-state index contributed by atoms with van der Waals surface area (Å²) in [7, 11) is 0. The zero-order valence-electron chi connectivity index (χ0n) is 22.6. The second kappa shape index (κ2) is 8.76. The van der Waals surface area contributed by atoms with Crippen LogP contribution in [0.15, 0.2) is 36.4 Å². The Balaban J connectivity index is 2.39. The van der Waals surface area contributed by atoms with Crippen molar-refractivity contribution in [1.82, 2.24) is 0 Å². The molecule has 0 heteroatoms. The summed E-state index contributed by atoms with van der Waals surface area (Å²) in [4.78, 5) is 0. The van der Waals surface area contributed by atoms with Gasteiger partial charge >= 0.3 is 0 Å². The molecule has 0 saturated heterocycles. The van der Waals surface area contributed by atoms with E-state index >= 15 is 0 Å². The first-order chi connectivity index (χ1) is 13.9. The lowest BCUT2D eigenvalue weighted by Gasteiger charge is -2.34. The van der Waals surface area contributed by atoms with Gasteiger partial charge in [-0.25, -0.2) is 0 Å². The Bertz CT molecular complexity index is 884. The summed E-state index contributed by atoms with van der Waals surface area (Å²) in [6.45, 7) is 28.1. The fourth-order valence-corrected chi connectivity index (χ4v) is 4.47. The molecule has 0 bridgehead atoms. The highest BCUT2D eigenvalue weighted by Gasteiger charge is 2.29. The first-order valence-corrected chi connectivity index (χ1v) is 12.2. The van der Waals surface area contributed by atoms with Gasteiger partial charge in [0.2, 0.25) is 0 Å². The van der Waals surface area contributed by atoms with Crippen LogP contribution in [0.25, 0.3) is 0 Å². The Kier molecular flexibility index (Phi) is 7.26. The van der Waals surface area contributed by atoms with Crippen molar-refractivity contribution in [2.75, 3.05) is 0 Å². The Morgan fingerprint density at radius 1 is 0.516 bits per heavy atom. The van der Waals surface area contributed by atoms with Crippen LogP contribution in [0, 0.1) is 0 Å². The molecule has 0 heterocycles. The fraction of sp³-hybridized carbons (Fsp3) is 0.613. The first kappa shape index (κ1) is 25.7. The second-order valence-electron chi connectivity index (χ2n) is 13.6. The van der Waals surface area contributed by atoms with E-state index in [1.165, 1.54) is 39.8 Å². The molecule has 0 aromatic heterocycles. The van der Waals surface area contributed by atoms with Gasteiger partial charge in [0.05, 0.1) is 0 Å². The Morgan fingerprint density at radius 2 is 1.03 bits per heavy atom. The monoisotopic (exact) mass is 420 g/mol. The van der Waals surface area contributed by atoms with E-state index in [0.717, 1.165) is 12.8 Å². The molecule has 0 saturated carbocycles. The van der Waals surface area contributed by atoms with E-state index in [1.54, 1.807) is 0 Å². The zero-order chi connectivity index (χ0) is 23.8. The highest BCUT2D eigenvalue weighted by molar-refractivity contribution is 5.47. The SMILES string of the molecule is CC(C)(C)c1cccc(CCCc2cc(C(C)(C)C)c(C(C)(C)C)cc2C(C)(C)C)c1. The van der Waals surface area contributed by atoms with Gasteiger partial charge in [-0.05, 0) is 74.3 Å². The molecule has 2 rings (SSSR count). The molecular weight excluding hydrogens is 372 g/mol. The van der Waals surface area contributed by atoms with Crippen molar-refractivity contribution >= 4 is 0 Å². The fourth-order valence-electron chi connectivity index (χ4n) is 4.47. The summed E-state index contributed by atoms with van der Waals surface area (Å²) in [6, 6.07) is 14.3. The highest BCUT2D eigenvalue weighted by Crippen LogP contribution is 2.39. The van der Waals surface area contributed by atoms with Crippen LogP contribution in [-0.2, 0) is 34.5 Å². The summed E-state index contributed by atoms with van der Waals surface area (Å²) in [6.07, 6.45) is 3.47. The van der Waals surface area contributed by atoms with Crippen LogP contribution in [0.5, 0.6) is 0 Å². The Morgan fingerprint density at radius 3 is 1.52 bits per heavy atom. The summed E-state index contributed by atoms with van der Waals surface area (Å²) in [5.41, 5.74) is 9.63. The summed E-state index contributed by atoms with van der Waals surface area (Å²) in [5.74, 6) is 0. The van der Waals surface area contributed by atoms with E-state index in [9.17, 15) is 0 Å². The van der Waals surface area contributed by atoms with Gasteiger partial charge in [-0.2, -0.15) is 0 Å². The smallest absolute Gasteiger partial charge is 0.0129 e. The predicted octanol–water partition coefficient (Wildman–Crippen LogP) is 9.05. The lowest BCUT2D eigenvalue weighted by Crippen LogP contribution is -2.25. The number of hydrogen-bond acceptors (Lipinski definition) is 0. The van der Waals surface area contributed by atoms with Gasteiger partial charge in [-0.15, -0.1) is 0 Å². The van der Waals surface area contributed by atoms with Gasteiger partial charge in [0.25, 0.3) is 0 Å². The zero-order valence-corrected chi connectivity index (χ0v) is 22.6. The molecule has 0 fully saturated rings. The second-order valence-corrected chi connectivity index (χ2v) is 13.6. The molecule has 0 aliphatic heterocycles. The van der Waals surface area contributed by atoms with Crippen LogP contribution in [0.4, 0.5) is 0 Å². The third kappa shape index (κ3) is 6.71. The van der Waals surface area contributed by atoms with Crippen molar-refractivity contribution in [1.29, 1.82) is 0 Å². The van der Waals surface area contributed by atoms with Crippen LogP contribution in [0.2, 0.25) is 0 Å². The maximum Gasteiger partial charge on any atom is -0.0129 e. The van der Waals surface area contributed by atoms with Gasteiger partial charge < -0.3 is 0 Å². The predicted molar refractivity (Wildman–Crippen MR) is 140 cm³/mol. The lowest BCUT2D eigenvalue weighted by atomic mass is 9.70. The molecule has 0 unspecified atom stereocenters. The first-order valence-electron chi connectivity index (χ1n) is 12.2. The van der Waals surface area contributed by atoms with Crippen molar-refractivity contribution in [3.63, 3.8) is 0 Å². The molecule has 0 nitrogen and oxygen atoms in total. The maximum absolute atomic E-state index is 2.55. The van der Waals surface area contributed by atoms with Gasteiger partial charge in [0.15, 0.2) is 0 Å². The van der Waals surface area contributed by atoms with Crippen LogP contribution in [-0.4, -0.2) is 0 Å². The Labute approximate surface area is 193 Å². The number of benzene rings is 2. The number of rotatable bonds is 4. The minimum Gasteiger partial charge on any atom is -0.0617 e. The summed E-state index contributed by atoms with van der Waals surface area (Å²) >= 11 is 0. The van der Waals surface area contributed by atoms with E-state index in [4.69, 9.17) is 0 Å². The maximum atomic E-state index is 2.55. The minimum atomic E-state index is 0.147. The summed E-state index contributed by atoms with van der Waals surface area (Å²) in [5, 5.41) is 0. The normalized spacial score (nSPS) is 13.5. The Hall–Kier alpha value is -1.56. The van der Waals surface area contributed by atoms with Crippen LogP contribution >= 0.6 is 0 Å². The molecule has 2 aromatic carbocycles. The van der Waals surface area contributed by atoms with Crippen molar-refractivity contribution < 1.29 is 0 Å². The molecule has 0 aliphatic carbocycles. The van der Waals surface area contributed by atoms with Gasteiger partial charge in [0.1, 0.15) is 0 Å². The average molecular weight is 421 g/mol. The molecule has 172 valence electrons. The van der Waals surface area contributed by atoms with Crippen LogP contribution in [0.1, 0.15) is 123 Å². The van der Waals surface area contributed by atoms with Crippen molar-refractivity contribution in [2.24, 2.45) is 0 Å². The number of aryl methyl sites for hydroxylation is 2. The standard InChI is InChI=1S/C31H48/c1-28(2,3)24-18-14-16-22(19-24)15-13-17-23-20-26(30(7,8)9)27(31(10,11)12)21-25(23)29(4,5)6/h14,16,18-21H,13,15,17H2,1-12H3. The van der Waals surface area contributed by atoms with Crippen molar-refractivity contribution in [3.8, 4) is 0 Å². The topological polar surface area (TPSA) is 0 Å². The van der Waals surface area contributed by atoms with Crippen molar-refractivity contribution in [2.45, 2.75) is 124 Å². The lowest BCUT2D eigenvalue weighted by molar-refractivity contribution is 0.519. The molecule has 0 amide bonds. The van der Waals surface area contributed by atoms with E-state index in [-0.39, 0.29) is 21.7 Å². The molecule has 0 N–H and O–H groups in total. The molecule has 0 radical (unpaired) electrons. The van der Waals surface area contributed by atoms with Crippen LogP contribution < -0.4 is 0 Å². The van der Waals surface area contributed by atoms with Crippen molar-refractivity contribution in [3.05, 3.63) is 69.8 Å². The number of hydrogen-bond donors (Lipinski definition) is 0. The van der Waals surface area contributed by atoms with Gasteiger partial charge in [-0.3, -0.25) is 0 Å². The van der Waals surface area contributed by atoms with Gasteiger partial charge in [-0.1, -0.05) is 119 Å². The van der Waals surface area contributed by atoms with E-state index in [1.807, 2.05) is 0 Å². The molecular formula is C31H48. The quantitative estimate of drug-likeness (QED) is 0.462. The third-order valence-electron chi connectivity index (χ3n) is 6.37.